The first-order chi connectivity index (χ1) is 11.5. The number of carbonyl (C=O) groups excluding carboxylic acids is 2. The van der Waals surface area contributed by atoms with Crippen LogP contribution in [0.4, 0.5) is 0 Å². The van der Waals surface area contributed by atoms with Gasteiger partial charge in [-0.05, 0) is 38.4 Å². The minimum absolute atomic E-state index is 0.120. The van der Waals surface area contributed by atoms with Gasteiger partial charge in [-0.1, -0.05) is 18.2 Å². The van der Waals surface area contributed by atoms with E-state index >= 15 is 0 Å². The third-order valence-electron chi connectivity index (χ3n) is 5.42. The molecule has 1 heterocycles. The first-order valence-electron chi connectivity index (χ1n) is 8.31. The molecule has 3 rings (SSSR count). The second-order valence-electron chi connectivity index (χ2n) is 6.67. The SMILES string of the molecule is CN1CCC(C2CCCC2=O)[C@@]1(NC(=O)c1ccccc1)C(=O)O. The number of amides is 1. The van der Waals surface area contributed by atoms with E-state index < -0.39 is 23.5 Å². The first-order valence-corrected chi connectivity index (χ1v) is 8.31. The zero-order valence-electron chi connectivity index (χ0n) is 13.7. The zero-order valence-corrected chi connectivity index (χ0v) is 13.7. The molecule has 128 valence electrons. The van der Waals surface area contributed by atoms with Gasteiger partial charge in [0.05, 0.1) is 0 Å². The summed E-state index contributed by atoms with van der Waals surface area (Å²) >= 11 is 0. The van der Waals surface area contributed by atoms with Crippen molar-refractivity contribution in [3.8, 4) is 0 Å². The van der Waals surface area contributed by atoms with E-state index in [4.69, 9.17) is 0 Å². The number of nitrogens with zero attached hydrogens (tertiary/aromatic N) is 1. The predicted molar refractivity (Wildman–Crippen MR) is 87.4 cm³/mol. The summed E-state index contributed by atoms with van der Waals surface area (Å²) in [6.07, 6.45) is 2.60. The monoisotopic (exact) mass is 330 g/mol. The number of aliphatic carboxylic acids is 1. The molecule has 3 atom stereocenters. The highest BCUT2D eigenvalue weighted by atomic mass is 16.4. The number of ketones is 1. The summed E-state index contributed by atoms with van der Waals surface area (Å²) in [5.41, 5.74) is -1.12. The number of Topliss-reactive ketones (excluding diaryl/α,β-unsaturated/α-hetero) is 1. The zero-order chi connectivity index (χ0) is 17.3. The van der Waals surface area contributed by atoms with Gasteiger partial charge < -0.3 is 10.4 Å². The Morgan fingerprint density at radius 3 is 2.54 bits per heavy atom. The topological polar surface area (TPSA) is 86.7 Å². The molecule has 1 aliphatic heterocycles. The number of likely N-dealkylation sites (tertiary alicyclic amines) is 1. The van der Waals surface area contributed by atoms with E-state index in [-0.39, 0.29) is 11.7 Å². The molecule has 2 unspecified atom stereocenters. The Kier molecular flexibility index (Phi) is 4.41. The number of carboxylic acid groups (broad SMARTS) is 1. The minimum Gasteiger partial charge on any atom is -0.478 e. The average molecular weight is 330 g/mol. The standard InChI is InChI=1S/C18H22N2O4/c1-20-11-10-14(13-8-5-9-15(13)21)18(20,17(23)24)19-16(22)12-6-3-2-4-7-12/h2-4,6-7,13-14H,5,8-11H2,1H3,(H,19,22)(H,23,24)/t13?,14?,18-/m0/s1. The summed E-state index contributed by atoms with van der Waals surface area (Å²) in [6, 6.07) is 8.56. The van der Waals surface area contributed by atoms with E-state index in [2.05, 4.69) is 5.32 Å². The second kappa shape index (κ2) is 6.36. The number of nitrogens with one attached hydrogen (secondary N) is 1. The lowest BCUT2D eigenvalue weighted by molar-refractivity contribution is -0.155. The molecule has 1 saturated heterocycles. The summed E-state index contributed by atoms with van der Waals surface area (Å²) in [6.45, 7) is 0.538. The predicted octanol–water partition coefficient (Wildman–Crippen LogP) is 1.52. The molecule has 1 amide bonds. The maximum Gasteiger partial charge on any atom is 0.345 e. The molecule has 6 nitrogen and oxygen atoms in total. The molecule has 0 bridgehead atoms. The van der Waals surface area contributed by atoms with Gasteiger partial charge in [-0.3, -0.25) is 14.5 Å². The number of likely N-dealkylation sites (N-methyl/N-ethyl adjacent to an activating group) is 1. The number of benzene rings is 1. The Labute approximate surface area is 140 Å². The number of hydrogen-bond donors (Lipinski definition) is 2. The summed E-state index contributed by atoms with van der Waals surface area (Å²) in [7, 11) is 1.69. The molecule has 0 spiro atoms. The summed E-state index contributed by atoms with van der Waals surface area (Å²) < 4.78 is 0. The van der Waals surface area contributed by atoms with Gasteiger partial charge in [-0.2, -0.15) is 0 Å². The average Bonchev–Trinajstić information content (AvgIpc) is 3.12. The Bertz CT molecular complexity index is 660. The van der Waals surface area contributed by atoms with Gasteiger partial charge in [0.2, 0.25) is 0 Å². The fourth-order valence-electron chi connectivity index (χ4n) is 4.16. The van der Waals surface area contributed by atoms with Crippen LogP contribution in [-0.2, 0) is 9.59 Å². The van der Waals surface area contributed by atoms with Crippen LogP contribution in [0.5, 0.6) is 0 Å². The van der Waals surface area contributed by atoms with Crippen molar-refractivity contribution < 1.29 is 19.5 Å². The number of hydrogen-bond acceptors (Lipinski definition) is 4. The minimum atomic E-state index is -1.53. The van der Waals surface area contributed by atoms with Crippen LogP contribution in [0, 0.1) is 11.8 Å². The summed E-state index contributed by atoms with van der Waals surface area (Å²) in [4.78, 5) is 38.7. The fourth-order valence-corrected chi connectivity index (χ4v) is 4.16. The van der Waals surface area contributed by atoms with Gasteiger partial charge in [-0.25, -0.2) is 4.79 Å². The molecule has 6 heteroatoms. The van der Waals surface area contributed by atoms with Crippen molar-refractivity contribution >= 4 is 17.7 Å². The van der Waals surface area contributed by atoms with E-state index in [9.17, 15) is 19.5 Å². The molecule has 2 aliphatic rings. The van der Waals surface area contributed by atoms with Crippen LogP contribution in [0.25, 0.3) is 0 Å². The van der Waals surface area contributed by atoms with Gasteiger partial charge in [0.1, 0.15) is 5.78 Å². The van der Waals surface area contributed by atoms with Crippen LogP contribution in [0.2, 0.25) is 0 Å². The van der Waals surface area contributed by atoms with Crippen molar-refractivity contribution in [1.29, 1.82) is 0 Å². The van der Waals surface area contributed by atoms with Crippen LogP contribution >= 0.6 is 0 Å². The molecule has 0 radical (unpaired) electrons. The highest BCUT2D eigenvalue weighted by Crippen LogP contribution is 2.42. The van der Waals surface area contributed by atoms with Crippen molar-refractivity contribution in [2.45, 2.75) is 31.3 Å². The van der Waals surface area contributed by atoms with Crippen molar-refractivity contribution in [2.75, 3.05) is 13.6 Å². The maximum atomic E-state index is 12.6. The fraction of sp³-hybridized carbons (Fsp3) is 0.500. The highest BCUT2D eigenvalue weighted by molar-refractivity contribution is 5.98. The third kappa shape index (κ3) is 2.60. The largest absolute Gasteiger partial charge is 0.478 e. The highest BCUT2D eigenvalue weighted by Gasteiger charge is 2.58. The Hall–Kier alpha value is -2.21. The maximum absolute atomic E-state index is 12.6. The third-order valence-corrected chi connectivity index (χ3v) is 5.42. The number of rotatable bonds is 4. The van der Waals surface area contributed by atoms with E-state index in [1.54, 1.807) is 42.3 Å². The number of carbonyl (C=O) groups is 3. The molecule has 24 heavy (non-hydrogen) atoms. The van der Waals surface area contributed by atoms with Gasteiger partial charge in [0, 0.05) is 30.4 Å². The molecular formula is C18H22N2O4. The van der Waals surface area contributed by atoms with E-state index in [1.165, 1.54) is 0 Å². The van der Waals surface area contributed by atoms with Crippen LogP contribution in [0.1, 0.15) is 36.0 Å². The van der Waals surface area contributed by atoms with E-state index in [1.807, 2.05) is 0 Å². The quantitative estimate of drug-likeness (QED) is 0.874. The van der Waals surface area contributed by atoms with Crippen molar-refractivity contribution in [3.63, 3.8) is 0 Å². The lowest BCUT2D eigenvalue weighted by Crippen LogP contribution is -2.66. The number of carboxylic acids is 1. The normalized spacial score (nSPS) is 30.5. The molecule has 1 aromatic carbocycles. The van der Waals surface area contributed by atoms with Crippen molar-refractivity contribution in [1.82, 2.24) is 10.2 Å². The lowest BCUT2D eigenvalue weighted by Gasteiger charge is -2.39. The molecule has 1 aromatic rings. The Morgan fingerprint density at radius 2 is 1.96 bits per heavy atom. The van der Waals surface area contributed by atoms with Gasteiger partial charge >= 0.3 is 5.97 Å². The molecule has 2 fully saturated rings. The molecular weight excluding hydrogens is 308 g/mol. The summed E-state index contributed by atoms with van der Waals surface area (Å²) in [5, 5.41) is 12.7. The van der Waals surface area contributed by atoms with Crippen LogP contribution < -0.4 is 5.32 Å². The lowest BCUT2D eigenvalue weighted by atomic mass is 9.79. The molecule has 0 aromatic heterocycles. The Morgan fingerprint density at radius 1 is 1.25 bits per heavy atom. The van der Waals surface area contributed by atoms with E-state index in [0.717, 1.165) is 6.42 Å². The van der Waals surface area contributed by atoms with E-state index in [0.29, 0.717) is 31.4 Å². The second-order valence-corrected chi connectivity index (χ2v) is 6.67. The van der Waals surface area contributed by atoms with Gasteiger partial charge in [0.15, 0.2) is 5.66 Å². The first kappa shape index (κ1) is 16.6. The van der Waals surface area contributed by atoms with Gasteiger partial charge in [0.25, 0.3) is 5.91 Å². The van der Waals surface area contributed by atoms with Crippen LogP contribution in [0.3, 0.4) is 0 Å². The van der Waals surface area contributed by atoms with Crippen molar-refractivity contribution in [3.05, 3.63) is 35.9 Å². The molecule has 2 N–H and O–H groups in total. The smallest absolute Gasteiger partial charge is 0.345 e. The van der Waals surface area contributed by atoms with Gasteiger partial charge in [-0.15, -0.1) is 0 Å². The molecule has 1 aliphatic carbocycles. The molecule has 1 saturated carbocycles. The Balaban J connectivity index is 1.94. The summed E-state index contributed by atoms with van der Waals surface area (Å²) in [5.74, 6) is -2.10. The van der Waals surface area contributed by atoms with Crippen LogP contribution in [0.15, 0.2) is 30.3 Å². The van der Waals surface area contributed by atoms with Crippen LogP contribution in [-0.4, -0.2) is 46.9 Å². The van der Waals surface area contributed by atoms with Crippen molar-refractivity contribution in [2.24, 2.45) is 11.8 Å².